The number of esters is 6. The SMILES string of the molecule is CC(C)CC1(c2nn[nH]n2)c2ccc(C(=O)O)cc2CCc2cc(C(=O)O)ccc21.COC(=O)c1ccc2c(c1)CCc1cc(C(=O)OC)ccc1C2(CC(C)C)c1nn[nH]n1.COC(=O)c1ccc2c(c1)CCc1cc(C(=O)OC)ccc1C2C#N.[C-]#[N+]C1(CC(C)C)c2ccc(C(=O)OC)cc2CCc2cc(C(=O)OC)ccc21. The zero-order chi connectivity index (χ0) is 83.5. The van der Waals surface area contributed by atoms with E-state index in [1.165, 1.54) is 42.7 Å². The van der Waals surface area contributed by atoms with Gasteiger partial charge in [0, 0.05) is 17.5 Å². The molecule has 4 N–H and O–H groups in total. The molecule has 116 heavy (non-hydrogen) atoms. The van der Waals surface area contributed by atoms with Crippen LogP contribution in [0.1, 0.15) is 250 Å². The molecule has 2 heterocycles. The Kier molecular flexibility index (Phi) is 25.8. The predicted octanol–water partition coefficient (Wildman–Crippen LogP) is 13.9. The minimum Gasteiger partial charge on any atom is -0.478 e. The number of H-pyrrole nitrogens is 2. The van der Waals surface area contributed by atoms with Crippen molar-refractivity contribution < 1.29 is 77.0 Å². The number of aryl methyl sites for hydroxylation is 8. The van der Waals surface area contributed by atoms with Crippen LogP contribution in [0.25, 0.3) is 4.85 Å². The summed E-state index contributed by atoms with van der Waals surface area (Å²) in [6.45, 7) is 20.9. The number of tetrazole rings is 2. The number of nitrogens with zero attached hydrogens (tertiary/aromatic N) is 8. The van der Waals surface area contributed by atoms with E-state index in [0.717, 1.165) is 95.4 Å². The number of hydrogen-bond acceptors (Lipinski definition) is 21. The lowest BCUT2D eigenvalue weighted by atomic mass is 9.67. The summed E-state index contributed by atoms with van der Waals surface area (Å²) in [5, 5.41) is 59.0. The second kappa shape index (κ2) is 35.8. The Hall–Kier alpha value is -13.4. The van der Waals surface area contributed by atoms with E-state index in [2.05, 4.69) is 93.7 Å². The number of nitrogens with one attached hydrogen (secondary N) is 2. The summed E-state index contributed by atoms with van der Waals surface area (Å²) in [5.74, 6) is -2.85. The van der Waals surface area contributed by atoms with Crippen molar-refractivity contribution in [2.45, 2.75) is 134 Å². The maximum Gasteiger partial charge on any atom is 0.337 e. The first-order chi connectivity index (χ1) is 55.7. The number of aromatic carboxylic acids is 2. The van der Waals surface area contributed by atoms with Crippen molar-refractivity contribution in [2.24, 2.45) is 17.8 Å². The van der Waals surface area contributed by atoms with Crippen LogP contribution in [0.15, 0.2) is 146 Å². The topological polar surface area (TPSA) is 369 Å². The number of carboxylic acids is 2. The molecule has 4 aliphatic carbocycles. The van der Waals surface area contributed by atoms with Gasteiger partial charge in [0.2, 0.25) is 0 Å². The number of hydrogen-bond donors (Lipinski definition) is 4. The number of carbonyl (C=O) groups is 8. The van der Waals surface area contributed by atoms with Gasteiger partial charge in [-0.05, 0) is 269 Å². The first-order valence-corrected chi connectivity index (χ1v) is 38.0. The van der Waals surface area contributed by atoms with Crippen molar-refractivity contribution in [1.29, 1.82) is 5.26 Å². The third-order valence-corrected chi connectivity index (χ3v) is 21.9. The first kappa shape index (κ1) is 83.6. The molecule has 0 fully saturated rings. The van der Waals surface area contributed by atoms with E-state index in [-0.39, 0.29) is 46.8 Å². The summed E-state index contributed by atoms with van der Waals surface area (Å²) in [6.07, 6.45) is 7.28. The molecule has 0 atom stereocenters. The zero-order valence-corrected chi connectivity index (χ0v) is 66.6. The van der Waals surface area contributed by atoms with Crippen molar-refractivity contribution in [3.05, 3.63) is 302 Å². The van der Waals surface area contributed by atoms with Crippen LogP contribution in [0, 0.1) is 35.7 Å². The monoisotopic (exact) mass is 1570 g/mol. The number of fused-ring (bicyclic) bond motifs is 8. The quantitative estimate of drug-likeness (QED) is 0.0396. The van der Waals surface area contributed by atoms with E-state index in [0.29, 0.717) is 115 Å². The summed E-state index contributed by atoms with van der Waals surface area (Å²) in [7, 11) is 8.16. The summed E-state index contributed by atoms with van der Waals surface area (Å²) < 4.78 is 29.1. The van der Waals surface area contributed by atoms with Crippen LogP contribution in [0.2, 0.25) is 0 Å². The molecule has 0 bridgehead atoms. The van der Waals surface area contributed by atoms with Gasteiger partial charge < -0.3 is 38.6 Å². The fourth-order valence-corrected chi connectivity index (χ4v) is 17.0. The molecule has 0 amide bonds. The number of benzene rings is 8. The average molecular weight is 1570 g/mol. The van der Waals surface area contributed by atoms with Crippen molar-refractivity contribution >= 4 is 47.8 Å². The van der Waals surface area contributed by atoms with Crippen LogP contribution >= 0.6 is 0 Å². The molecule has 0 aliphatic heterocycles. The van der Waals surface area contributed by atoms with Crippen LogP contribution in [0.3, 0.4) is 0 Å². The van der Waals surface area contributed by atoms with Gasteiger partial charge in [-0.1, -0.05) is 88.4 Å². The van der Waals surface area contributed by atoms with E-state index in [1.54, 1.807) is 72.8 Å². The highest BCUT2D eigenvalue weighted by Gasteiger charge is 2.49. The number of rotatable bonds is 16. The van der Waals surface area contributed by atoms with E-state index < -0.39 is 46.2 Å². The minimum atomic E-state index is -0.984. The van der Waals surface area contributed by atoms with E-state index in [9.17, 15) is 53.8 Å². The first-order valence-electron chi connectivity index (χ1n) is 38.0. The molecule has 4 aliphatic rings. The highest BCUT2D eigenvalue weighted by atomic mass is 16.5. The number of nitriles is 1. The fourth-order valence-electron chi connectivity index (χ4n) is 17.0. The molecule has 14 rings (SSSR count). The lowest BCUT2D eigenvalue weighted by molar-refractivity contribution is 0.0591. The number of carbonyl (C=O) groups excluding carboxylic acids is 6. The van der Waals surface area contributed by atoms with E-state index >= 15 is 0 Å². The molecular weight excluding hydrogens is 1480 g/mol. The molecule has 10 aromatic rings. The zero-order valence-electron chi connectivity index (χ0n) is 66.6. The van der Waals surface area contributed by atoms with Gasteiger partial charge >= 0.3 is 47.8 Å². The Bertz CT molecular complexity index is 5250. The largest absolute Gasteiger partial charge is 0.478 e. The predicted molar refractivity (Wildman–Crippen MR) is 424 cm³/mol. The Morgan fingerprint density at radius 1 is 0.397 bits per heavy atom. The Balaban J connectivity index is 0.000000153. The van der Waals surface area contributed by atoms with Crippen molar-refractivity contribution in [3.8, 4) is 6.07 Å². The molecular formula is C90H90N10O16. The summed E-state index contributed by atoms with van der Waals surface area (Å²) >= 11 is 0. The Labute approximate surface area is 671 Å². The molecule has 26 heteroatoms. The standard InChI is InChI=1S/C24H26N4O4.C24H25NO4.C22H22N4O4.C20H17NO4/c1-14(2)13-24(23-25-27-28-26-23)19-9-7-17(21(29)31-3)11-15(19)5-6-16-12-18(22(30)32-4)8-10-20(16)24;1-15(2)14-24(25-3)20-10-8-18(22(26)28-4)12-16(20)6-7-17-13-19(23(27)29-5)9-11-21(17)24;1-12(2)11-22(21-23-25-26-24-21)17-7-5-15(19(27)28)9-13(17)3-4-14-10-16(20(29)30)6-8-18(14)22;1-24-19(22)14-5-7-16-12(9-14)3-4-13-10-15(20(23)25-2)6-8-17(13)18(16)11-21/h7-12,14H,5-6,13H2,1-4H3,(H,25,26,27,28);8-13,15H,6-7,14H2,1-2,4-5H3;5-10,12H,3-4,11H2,1-2H3,(H,27,28)(H,29,30)(H,23,24,25,26);5-10,18H,3-4H2,1-2H3. The molecule has 26 nitrogen and oxygen atoms in total. The molecule has 2 aromatic heterocycles. The van der Waals surface area contributed by atoms with Gasteiger partial charge in [0.05, 0.1) is 110 Å². The molecule has 0 spiro atoms. The van der Waals surface area contributed by atoms with Gasteiger partial charge in [-0.2, -0.15) is 15.7 Å². The van der Waals surface area contributed by atoms with Crippen LogP contribution in [0.5, 0.6) is 0 Å². The number of ether oxygens (including phenoxy) is 6. The number of aromatic amines is 2. The van der Waals surface area contributed by atoms with Crippen molar-refractivity contribution in [1.82, 2.24) is 41.2 Å². The number of carboxylic acid groups (broad SMARTS) is 2. The number of aromatic nitrogens is 8. The second-order valence-electron chi connectivity index (χ2n) is 30.2. The van der Waals surface area contributed by atoms with Crippen LogP contribution in [0.4, 0.5) is 0 Å². The smallest absolute Gasteiger partial charge is 0.337 e. The summed E-state index contributed by atoms with van der Waals surface area (Å²) in [5.41, 5.74) is 16.3. The highest BCUT2D eigenvalue weighted by molar-refractivity contribution is 5.94. The van der Waals surface area contributed by atoms with Gasteiger partial charge in [-0.3, -0.25) is 4.85 Å². The lowest BCUT2D eigenvalue weighted by Gasteiger charge is -2.35. The van der Waals surface area contributed by atoms with Crippen LogP contribution in [-0.2, 0) is 96.2 Å². The maximum absolute atomic E-state index is 12.2. The normalized spacial score (nSPS) is 14.1. The molecule has 0 radical (unpaired) electrons. The molecule has 8 aromatic carbocycles. The Morgan fingerprint density at radius 3 is 0.879 bits per heavy atom. The van der Waals surface area contributed by atoms with Gasteiger partial charge in [0.15, 0.2) is 11.6 Å². The van der Waals surface area contributed by atoms with Crippen LogP contribution < -0.4 is 0 Å². The van der Waals surface area contributed by atoms with Gasteiger partial charge in [-0.25, -0.2) is 44.9 Å². The third kappa shape index (κ3) is 16.7. The highest BCUT2D eigenvalue weighted by Crippen LogP contribution is 2.51. The number of methoxy groups -OCH3 is 6. The average Bonchev–Trinajstić information content (AvgIpc) is 1.50. The Morgan fingerprint density at radius 2 is 0.638 bits per heavy atom. The van der Waals surface area contributed by atoms with E-state index in [1.807, 2.05) is 72.8 Å². The lowest BCUT2D eigenvalue weighted by Crippen LogP contribution is -2.34. The maximum atomic E-state index is 12.2. The van der Waals surface area contributed by atoms with Gasteiger partial charge in [-0.15, -0.1) is 20.4 Å². The summed E-state index contributed by atoms with van der Waals surface area (Å²) in [6, 6.07) is 45.5. The minimum absolute atomic E-state index is 0.220. The fraction of sp³-hybridized carbons (Fsp3) is 0.333. The van der Waals surface area contributed by atoms with Gasteiger partial charge in [0.1, 0.15) is 0 Å². The molecule has 596 valence electrons. The third-order valence-electron chi connectivity index (χ3n) is 21.9. The van der Waals surface area contributed by atoms with E-state index in [4.69, 9.17) is 35.0 Å². The van der Waals surface area contributed by atoms with Crippen LogP contribution in [-0.4, -0.2) is 142 Å². The van der Waals surface area contributed by atoms with Gasteiger partial charge in [0.25, 0.3) is 5.54 Å². The molecule has 0 saturated carbocycles. The molecule has 0 saturated heterocycles. The van der Waals surface area contributed by atoms with Crippen molar-refractivity contribution in [3.63, 3.8) is 0 Å². The summed E-state index contributed by atoms with van der Waals surface area (Å²) in [4.78, 5) is 99.3. The second-order valence-corrected chi connectivity index (χ2v) is 30.2. The molecule has 0 unspecified atom stereocenters. The van der Waals surface area contributed by atoms with Crippen molar-refractivity contribution in [2.75, 3.05) is 42.7 Å².